The van der Waals surface area contributed by atoms with Gasteiger partial charge in [-0.2, -0.15) is 5.26 Å². The first-order valence-corrected chi connectivity index (χ1v) is 13.5. The van der Waals surface area contributed by atoms with Gasteiger partial charge in [-0.3, -0.25) is 4.90 Å². The van der Waals surface area contributed by atoms with Crippen LogP contribution in [0.3, 0.4) is 0 Å². The van der Waals surface area contributed by atoms with E-state index in [0.717, 1.165) is 67.0 Å². The zero-order chi connectivity index (χ0) is 27.4. The lowest BCUT2D eigenvalue weighted by molar-refractivity contribution is 0.0468. The van der Waals surface area contributed by atoms with E-state index in [1.807, 2.05) is 30.3 Å². The number of piperazine rings is 1. The minimum absolute atomic E-state index is 0.0626. The lowest BCUT2D eigenvalue weighted by Gasteiger charge is -2.44. The van der Waals surface area contributed by atoms with Crippen LogP contribution in [0.15, 0.2) is 66.7 Å². The van der Waals surface area contributed by atoms with Crippen LogP contribution in [0.5, 0.6) is 0 Å². The summed E-state index contributed by atoms with van der Waals surface area (Å²) in [7, 11) is 0. The van der Waals surface area contributed by atoms with Gasteiger partial charge >= 0.3 is 6.03 Å². The van der Waals surface area contributed by atoms with E-state index in [0.29, 0.717) is 12.1 Å². The highest BCUT2D eigenvalue weighted by atomic mass is 19.1. The van der Waals surface area contributed by atoms with Gasteiger partial charge in [0.15, 0.2) is 0 Å². The molecule has 3 aromatic carbocycles. The van der Waals surface area contributed by atoms with Crippen molar-refractivity contribution in [1.29, 1.82) is 5.26 Å². The lowest BCUT2D eigenvalue weighted by Crippen LogP contribution is -2.55. The monoisotopic (exact) mass is 529 g/mol. The number of anilines is 1. The molecule has 2 N–H and O–H groups in total. The zero-order valence-electron chi connectivity index (χ0n) is 22.0. The largest absolute Gasteiger partial charge is 0.336 e. The molecular formula is C31H33F2N5O. The molecule has 0 radical (unpaired) electrons. The lowest BCUT2D eigenvalue weighted by atomic mass is 9.97. The Labute approximate surface area is 228 Å². The van der Waals surface area contributed by atoms with E-state index >= 15 is 0 Å². The Morgan fingerprint density at radius 2 is 1.77 bits per heavy atom. The summed E-state index contributed by atoms with van der Waals surface area (Å²) in [6.07, 6.45) is 2.66. The van der Waals surface area contributed by atoms with Crippen molar-refractivity contribution in [3.63, 3.8) is 0 Å². The zero-order valence-corrected chi connectivity index (χ0v) is 22.0. The molecule has 8 heteroatoms. The minimum Gasteiger partial charge on any atom is -0.336 e. The summed E-state index contributed by atoms with van der Waals surface area (Å²) in [4.78, 5) is 17.7. The molecule has 39 heavy (non-hydrogen) atoms. The van der Waals surface area contributed by atoms with Gasteiger partial charge < -0.3 is 15.5 Å². The van der Waals surface area contributed by atoms with Gasteiger partial charge in [0.2, 0.25) is 0 Å². The molecule has 3 aromatic rings. The fraction of sp³-hybridized carbons (Fsp3) is 0.355. The molecule has 0 bridgehead atoms. The molecule has 2 fully saturated rings. The molecule has 6 nitrogen and oxygen atoms in total. The molecule has 0 unspecified atom stereocenters. The number of benzene rings is 3. The van der Waals surface area contributed by atoms with Crippen LogP contribution in [-0.2, 0) is 0 Å². The number of nitrogens with zero attached hydrogens (tertiary/aromatic N) is 3. The van der Waals surface area contributed by atoms with Crippen LogP contribution < -0.4 is 10.6 Å². The van der Waals surface area contributed by atoms with E-state index in [9.17, 15) is 18.8 Å². The summed E-state index contributed by atoms with van der Waals surface area (Å²) in [6, 6.07) is 20.6. The van der Waals surface area contributed by atoms with Crippen molar-refractivity contribution >= 4 is 11.7 Å². The number of hydrogen-bond donors (Lipinski definition) is 2. The Kier molecular flexibility index (Phi) is 8.20. The van der Waals surface area contributed by atoms with Gasteiger partial charge in [0.1, 0.15) is 11.6 Å². The van der Waals surface area contributed by atoms with E-state index in [2.05, 4.69) is 45.6 Å². The van der Waals surface area contributed by atoms with Crippen molar-refractivity contribution in [1.82, 2.24) is 15.1 Å². The van der Waals surface area contributed by atoms with E-state index in [1.54, 1.807) is 6.07 Å². The van der Waals surface area contributed by atoms with Crippen LogP contribution >= 0.6 is 0 Å². The predicted molar refractivity (Wildman–Crippen MR) is 148 cm³/mol. The first-order valence-electron chi connectivity index (χ1n) is 13.5. The average Bonchev–Trinajstić information content (AvgIpc) is 3.73. The van der Waals surface area contributed by atoms with E-state index in [4.69, 9.17) is 0 Å². The molecule has 2 amide bonds. The number of carbonyl (C=O) groups excluding carboxylic acids is 1. The maximum atomic E-state index is 13.6. The number of nitrogens with one attached hydrogen (secondary N) is 2. The first-order chi connectivity index (χ1) is 18.9. The molecule has 1 heterocycles. The molecule has 2 atom stereocenters. The molecule has 0 aromatic heterocycles. The van der Waals surface area contributed by atoms with E-state index in [1.165, 1.54) is 12.8 Å². The van der Waals surface area contributed by atoms with Crippen molar-refractivity contribution < 1.29 is 13.6 Å². The second kappa shape index (κ2) is 11.9. The van der Waals surface area contributed by atoms with Crippen molar-refractivity contribution in [2.45, 2.75) is 31.8 Å². The molecule has 1 aliphatic heterocycles. The number of rotatable bonds is 8. The Morgan fingerprint density at radius 3 is 2.44 bits per heavy atom. The van der Waals surface area contributed by atoms with Gasteiger partial charge in [-0.1, -0.05) is 36.4 Å². The Hall–Kier alpha value is -3.80. The molecule has 1 saturated carbocycles. The Morgan fingerprint density at radius 1 is 1.03 bits per heavy atom. The smallest absolute Gasteiger partial charge is 0.319 e. The second-order valence-corrected chi connectivity index (χ2v) is 10.6. The Bertz CT molecular complexity index is 1330. The third-order valence-electron chi connectivity index (χ3n) is 7.57. The van der Waals surface area contributed by atoms with Gasteiger partial charge in [0, 0.05) is 50.5 Å². The summed E-state index contributed by atoms with van der Waals surface area (Å²) in [5, 5.41) is 14.7. The summed E-state index contributed by atoms with van der Waals surface area (Å²) in [5.41, 5.74) is 3.72. The number of nitriles is 1. The third kappa shape index (κ3) is 6.99. The van der Waals surface area contributed by atoms with Gasteiger partial charge in [0.25, 0.3) is 0 Å². The van der Waals surface area contributed by atoms with Gasteiger partial charge in [0.05, 0.1) is 17.7 Å². The van der Waals surface area contributed by atoms with Crippen molar-refractivity contribution in [2.75, 3.05) is 38.0 Å². The number of hydrogen-bond acceptors (Lipinski definition) is 4. The highest BCUT2D eigenvalue weighted by Gasteiger charge is 2.33. The molecule has 2 aliphatic rings. The SMILES string of the molecule is C[C@H]1CN(CC2CC2)CCN1[C@@H](CNC(=O)Nc1cc(F)cc(F)c1)c1ccc(-c2cccc(C#N)c2)cc1. The standard InChI is InChI=1S/C31H33F2N5O/c1-21-19-37(20-22-5-6-22)11-12-38(21)30(18-35-31(39)36-29-15-27(32)14-28(33)16-29)25-9-7-24(8-10-25)26-4-2-3-23(13-26)17-34/h2-4,7-10,13-16,21-22,30H,5-6,11-12,18-20H2,1H3,(H2,35,36,39)/t21-,30-/m0/s1. The average molecular weight is 530 g/mol. The van der Waals surface area contributed by atoms with Crippen LogP contribution in [0.2, 0.25) is 0 Å². The van der Waals surface area contributed by atoms with Crippen LogP contribution in [0.25, 0.3) is 11.1 Å². The summed E-state index contributed by atoms with van der Waals surface area (Å²) in [5.74, 6) is -0.660. The van der Waals surface area contributed by atoms with Crippen molar-refractivity contribution in [2.24, 2.45) is 5.92 Å². The third-order valence-corrected chi connectivity index (χ3v) is 7.57. The summed E-state index contributed by atoms with van der Waals surface area (Å²) in [6.45, 7) is 6.54. The van der Waals surface area contributed by atoms with Gasteiger partial charge in [-0.25, -0.2) is 13.6 Å². The fourth-order valence-corrected chi connectivity index (χ4v) is 5.42. The molecule has 0 spiro atoms. The highest BCUT2D eigenvalue weighted by Crippen LogP contribution is 2.32. The van der Waals surface area contributed by atoms with Crippen LogP contribution in [0.1, 0.15) is 36.9 Å². The number of urea groups is 1. The maximum Gasteiger partial charge on any atom is 0.319 e. The number of carbonyl (C=O) groups is 1. The van der Waals surface area contributed by atoms with Gasteiger partial charge in [-0.15, -0.1) is 0 Å². The normalized spacial score (nSPS) is 18.8. The topological polar surface area (TPSA) is 71.4 Å². The maximum absolute atomic E-state index is 13.6. The van der Waals surface area contributed by atoms with E-state index in [-0.39, 0.29) is 17.8 Å². The molecule has 5 rings (SSSR count). The van der Waals surface area contributed by atoms with Crippen molar-refractivity contribution in [3.05, 3.63) is 89.5 Å². The predicted octanol–water partition coefficient (Wildman–Crippen LogP) is 5.78. The first kappa shape index (κ1) is 26.8. The van der Waals surface area contributed by atoms with Crippen LogP contribution in [0, 0.1) is 28.9 Å². The van der Waals surface area contributed by atoms with E-state index < -0.39 is 17.7 Å². The van der Waals surface area contributed by atoms with Crippen molar-refractivity contribution in [3.8, 4) is 17.2 Å². The fourth-order valence-electron chi connectivity index (χ4n) is 5.42. The molecule has 1 aliphatic carbocycles. The molecule has 1 saturated heterocycles. The van der Waals surface area contributed by atoms with Crippen LogP contribution in [-0.4, -0.2) is 54.6 Å². The number of halogens is 2. The van der Waals surface area contributed by atoms with Crippen LogP contribution in [0.4, 0.5) is 19.3 Å². The highest BCUT2D eigenvalue weighted by molar-refractivity contribution is 5.89. The van der Waals surface area contributed by atoms with Gasteiger partial charge in [-0.05, 0) is 66.6 Å². The summed E-state index contributed by atoms with van der Waals surface area (Å²) >= 11 is 0. The quantitative estimate of drug-likeness (QED) is 0.388. The molecular weight excluding hydrogens is 496 g/mol. The second-order valence-electron chi connectivity index (χ2n) is 10.6. The minimum atomic E-state index is -0.749. The Balaban J connectivity index is 1.32. The summed E-state index contributed by atoms with van der Waals surface area (Å²) < 4.78 is 27.1. The molecule has 202 valence electrons. The number of amides is 2.